The van der Waals surface area contributed by atoms with Gasteiger partial charge in [-0.15, -0.1) is 0 Å². The molecule has 0 aliphatic heterocycles. The van der Waals surface area contributed by atoms with Crippen molar-refractivity contribution in [3.05, 3.63) is 75.6 Å². The van der Waals surface area contributed by atoms with Crippen LogP contribution in [0.4, 0.5) is 4.39 Å². The van der Waals surface area contributed by atoms with E-state index in [-0.39, 0.29) is 11.4 Å². The molecule has 0 aliphatic carbocycles. The van der Waals surface area contributed by atoms with Gasteiger partial charge in [-0.2, -0.15) is 9.78 Å². The zero-order valence-electron chi connectivity index (χ0n) is 13.7. The number of nitrogens with one attached hydrogen (secondary N) is 1. The van der Waals surface area contributed by atoms with Gasteiger partial charge in [-0.05, 0) is 43.7 Å². The van der Waals surface area contributed by atoms with E-state index in [1.807, 2.05) is 25.1 Å². The molecular formula is C19H15FN4O. The Kier molecular flexibility index (Phi) is 3.46. The van der Waals surface area contributed by atoms with Gasteiger partial charge in [0.15, 0.2) is 0 Å². The lowest BCUT2D eigenvalue weighted by molar-refractivity contribution is 0.627. The highest BCUT2D eigenvalue weighted by Gasteiger charge is 2.13. The normalized spacial score (nSPS) is 11.8. The zero-order chi connectivity index (χ0) is 17.6. The van der Waals surface area contributed by atoms with Crippen LogP contribution in [0.3, 0.4) is 0 Å². The average Bonchev–Trinajstić information content (AvgIpc) is 2.93. The SMILES string of the molecule is Cc1ccc2[nH]c3c(=O)n(N=Cc4cccc(F)c4)c(C)nc3c2c1. The highest BCUT2D eigenvalue weighted by Crippen LogP contribution is 2.23. The van der Waals surface area contributed by atoms with Crippen molar-refractivity contribution in [1.29, 1.82) is 0 Å². The predicted octanol–water partition coefficient (Wildman–Crippen LogP) is 3.52. The van der Waals surface area contributed by atoms with Crippen LogP contribution in [0.15, 0.2) is 52.4 Å². The fourth-order valence-electron chi connectivity index (χ4n) is 2.87. The summed E-state index contributed by atoms with van der Waals surface area (Å²) in [6.45, 7) is 3.72. The van der Waals surface area contributed by atoms with Crippen LogP contribution in [-0.2, 0) is 0 Å². The van der Waals surface area contributed by atoms with Gasteiger partial charge in [0.1, 0.15) is 22.7 Å². The zero-order valence-corrected chi connectivity index (χ0v) is 13.7. The smallest absolute Gasteiger partial charge is 0.298 e. The lowest BCUT2D eigenvalue weighted by atomic mass is 10.2. The molecule has 0 fully saturated rings. The van der Waals surface area contributed by atoms with Crippen molar-refractivity contribution >= 4 is 28.2 Å². The molecule has 2 heterocycles. The number of hydrogen-bond donors (Lipinski definition) is 1. The molecule has 2 aromatic heterocycles. The van der Waals surface area contributed by atoms with Crippen LogP contribution in [-0.4, -0.2) is 20.9 Å². The Morgan fingerprint density at radius 1 is 1.20 bits per heavy atom. The molecular weight excluding hydrogens is 319 g/mol. The maximum absolute atomic E-state index is 13.3. The number of benzene rings is 2. The molecule has 0 spiro atoms. The average molecular weight is 334 g/mol. The van der Waals surface area contributed by atoms with E-state index in [1.54, 1.807) is 19.1 Å². The molecule has 0 aliphatic rings. The Morgan fingerprint density at radius 3 is 2.84 bits per heavy atom. The first-order valence-electron chi connectivity index (χ1n) is 7.84. The second kappa shape index (κ2) is 5.66. The number of H-pyrrole nitrogens is 1. The van der Waals surface area contributed by atoms with Crippen LogP contribution in [0.1, 0.15) is 17.0 Å². The molecule has 0 bridgehead atoms. The van der Waals surface area contributed by atoms with Crippen molar-refractivity contribution in [2.45, 2.75) is 13.8 Å². The summed E-state index contributed by atoms with van der Waals surface area (Å²) in [6.07, 6.45) is 1.44. The van der Waals surface area contributed by atoms with E-state index in [1.165, 1.54) is 23.0 Å². The van der Waals surface area contributed by atoms with Gasteiger partial charge in [0.25, 0.3) is 5.56 Å². The molecule has 6 heteroatoms. The Bertz CT molecular complexity index is 1200. The number of aryl methyl sites for hydroxylation is 2. The fraction of sp³-hybridized carbons (Fsp3) is 0.105. The molecule has 0 atom stereocenters. The molecule has 5 nitrogen and oxygen atoms in total. The van der Waals surface area contributed by atoms with Crippen LogP contribution in [0.5, 0.6) is 0 Å². The Labute approximate surface area is 142 Å². The van der Waals surface area contributed by atoms with Crippen molar-refractivity contribution < 1.29 is 4.39 Å². The van der Waals surface area contributed by atoms with E-state index in [2.05, 4.69) is 15.1 Å². The van der Waals surface area contributed by atoms with Crippen LogP contribution < -0.4 is 5.56 Å². The molecule has 124 valence electrons. The van der Waals surface area contributed by atoms with Crippen molar-refractivity contribution in [3.8, 4) is 0 Å². The van der Waals surface area contributed by atoms with Gasteiger partial charge in [-0.25, -0.2) is 9.37 Å². The number of hydrogen-bond acceptors (Lipinski definition) is 3. The molecule has 2 aromatic carbocycles. The standard InChI is InChI=1S/C19H15FN4O/c1-11-6-7-16-15(8-11)17-18(23-16)19(25)24(12(2)22-17)21-10-13-4-3-5-14(20)9-13/h3-10,23H,1-2H3. The van der Waals surface area contributed by atoms with Crippen LogP contribution in [0, 0.1) is 19.7 Å². The fourth-order valence-corrected chi connectivity index (χ4v) is 2.87. The first kappa shape index (κ1) is 15.3. The minimum Gasteiger partial charge on any atom is -0.349 e. The largest absolute Gasteiger partial charge is 0.349 e. The molecule has 4 rings (SSSR count). The Balaban J connectivity index is 1.90. The number of aromatic nitrogens is 3. The number of aromatic amines is 1. The van der Waals surface area contributed by atoms with Crippen molar-refractivity contribution in [1.82, 2.24) is 14.6 Å². The summed E-state index contributed by atoms with van der Waals surface area (Å²) < 4.78 is 14.5. The van der Waals surface area contributed by atoms with Crippen molar-refractivity contribution in [3.63, 3.8) is 0 Å². The minimum atomic E-state index is -0.354. The quantitative estimate of drug-likeness (QED) is 0.570. The third-order valence-electron chi connectivity index (χ3n) is 4.08. The summed E-state index contributed by atoms with van der Waals surface area (Å²) in [7, 11) is 0. The van der Waals surface area contributed by atoms with Crippen molar-refractivity contribution in [2.75, 3.05) is 0 Å². The first-order chi connectivity index (χ1) is 12.0. The van der Waals surface area contributed by atoms with Crippen LogP contribution >= 0.6 is 0 Å². The van der Waals surface area contributed by atoms with Gasteiger partial charge in [0, 0.05) is 10.9 Å². The summed E-state index contributed by atoms with van der Waals surface area (Å²) in [4.78, 5) is 20.5. The van der Waals surface area contributed by atoms with Gasteiger partial charge < -0.3 is 4.98 Å². The van der Waals surface area contributed by atoms with Crippen LogP contribution in [0.25, 0.3) is 21.9 Å². The lowest BCUT2D eigenvalue weighted by Crippen LogP contribution is -2.20. The third-order valence-corrected chi connectivity index (χ3v) is 4.08. The first-order valence-corrected chi connectivity index (χ1v) is 7.84. The molecule has 1 N–H and O–H groups in total. The second-order valence-electron chi connectivity index (χ2n) is 5.97. The molecule has 0 radical (unpaired) electrons. The van der Waals surface area contributed by atoms with Gasteiger partial charge in [0.2, 0.25) is 0 Å². The summed E-state index contributed by atoms with van der Waals surface area (Å²) in [5, 5.41) is 5.10. The van der Waals surface area contributed by atoms with E-state index in [0.717, 1.165) is 16.5 Å². The molecule has 0 unspecified atom stereocenters. The van der Waals surface area contributed by atoms with Gasteiger partial charge >= 0.3 is 0 Å². The molecule has 4 aromatic rings. The summed E-state index contributed by atoms with van der Waals surface area (Å²) in [5.41, 5.74) is 3.28. The Morgan fingerprint density at radius 2 is 2.04 bits per heavy atom. The monoisotopic (exact) mass is 334 g/mol. The number of fused-ring (bicyclic) bond motifs is 3. The van der Waals surface area contributed by atoms with E-state index in [0.29, 0.717) is 22.4 Å². The van der Waals surface area contributed by atoms with E-state index in [4.69, 9.17) is 0 Å². The number of halogens is 1. The number of nitrogens with zero attached hydrogens (tertiary/aromatic N) is 3. The van der Waals surface area contributed by atoms with E-state index >= 15 is 0 Å². The maximum Gasteiger partial charge on any atom is 0.298 e. The lowest BCUT2D eigenvalue weighted by Gasteiger charge is -2.03. The van der Waals surface area contributed by atoms with Gasteiger partial charge in [-0.3, -0.25) is 4.79 Å². The van der Waals surface area contributed by atoms with E-state index < -0.39 is 0 Å². The Hall–Kier alpha value is -3.28. The van der Waals surface area contributed by atoms with Gasteiger partial charge in [0.05, 0.1) is 6.21 Å². The molecule has 0 saturated carbocycles. The van der Waals surface area contributed by atoms with E-state index in [9.17, 15) is 9.18 Å². The highest BCUT2D eigenvalue weighted by atomic mass is 19.1. The highest BCUT2D eigenvalue weighted by molar-refractivity contribution is 6.04. The summed E-state index contributed by atoms with van der Waals surface area (Å²) >= 11 is 0. The minimum absolute atomic E-state index is 0.288. The number of rotatable bonds is 2. The van der Waals surface area contributed by atoms with Crippen LogP contribution in [0.2, 0.25) is 0 Å². The third kappa shape index (κ3) is 2.61. The van der Waals surface area contributed by atoms with Crippen molar-refractivity contribution in [2.24, 2.45) is 5.10 Å². The maximum atomic E-state index is 13.3. The molecule has 0 saturated heterocycles. The second-order valence-corrected chi connectivity index (χ2v) is 5.97. The molecule has 0 amide bonds. The van der Waals surface area contributed by atoms with Gasteiger partial charge in [-0.1, -0.05) is 23.8 Å². The summed E-state index contributed by atoms with van der Waals surface area (Å²) in [6, 6.07) is 11.9. The molecule has 25 heavy (non-hydrogen) atoms. The summed E-state index contributed by atoms with van der Waals surface area (Å²) in [5.74, 6) is 0.111. The predicted molar refractivity (Wildman–Crippen MR) is 96.7 cm³/mol. The topological polar surface area (TPSA) is 63.0 Å².